The van der Waals surface area contributed by atoms with Crippen LogP contribution in [-0.4, -0.2) is 46.0 Å². The molecule has 0 atom stereocenters. The van der Waals surface area contributed by atoms with E-state index in [9.17, 15) is 14.4 Å². The van der Waals surface area contributed by atoms with Crippen molar-refractivity contribution in [3.8, 4) is 11.6 Å². The maximum atomic E-state index is 12.9. The van der Waals surface area contributed by atoms with Crippen molar-refractivity contribution in [3.63, 3.8) is 0 Å². The number of aryl methyl sites for hydroxylation is 1. The molecule has 33 heavy (non-hydrogen) atoms. The van der Waals surface area contributed by atoms with E-state index in [2.05, 4.69) is 15.6 Å². The molecule has 1 aliphatic rings. The van der Waals surface area contributed by atoms with E-state index in [0.29, 0.717) is 11.4 Å². The number of ether oxygens (including phenoxy) is 1. The second-order valence-corrected chi connectivity index (χ2v) is 7.48. The number of nitrogens with zero attached hydrogens (tertiary/aromatic N) is 3. The van der Waals surface area contributed by atoms with E-state index < -0.39 is 24.4 Å². The van der Waals surface area contributed by atoms with Crippen molar-refractivity contribution >= 4 is 29.6 Å². The van der Waals surface area contributed by atoms with Gasteiger partial charge in [-0.2, -0.15) is 0 Å². The second kappa shape index (κ2) is 8.99. The van der Waals surface area contributed by atoms with Crippen LogP contribution in [0, 0.1) is 13.8 Å². The van der Waals surface area contributed by atoms with Crippen LogP contribution in [0.25, 0.3) is 11.9 Å². The monoisotopic (exact) mass is 445 g/mol. The molecule has 0 bridgehead atoms. The third-order valence-corrected chi connectivity index (χ3v) is 5.29. The molecule has 0 saturated carbocycles. The molecule has 1 saturated heterocycles. The van der Waals surface area contributed by atoms with Gasteiger partial charge in [-0.1, -0.05) is 18.2 Å². The molecule has 9 heteroatoms. The first-order valence-electron chi connectivity index (χ1n) is 10.3. The van der Waals surface area contributed by atoms with Gasteiger partial charge in [0.25, 0.3) is 5.91 Å². The van der Waals surface area contributed by atoms with Gasteiger partial charge < -0.3 is 19.9 Å². The highest BCUT2D eigenvalue weighted by molar-refractivity contribution is 6.16. The number of nitrogens with one attached hydrogen (secondary N) is 2. The summed E-state index contributed by atoms with van der Waals surface area (Å²) in [7, 11) is 1.49. The molecule has 1 fully saturated rings. The first-order chi connectivity index (χ1) is 15.9. The van der Waals surface area contributed by atoms with E-state index in [4.69, 9.17) is 4.74 Å². The van der Waals surface area contributed by atoms with E-state index in [1.54, 1.807) is 36.5 Å². The Labute approximate surface area is 190 Å². The number of aromatic nitrogens is 2. The number of carbonyl (C=O) groups excluding carboxylic acids is 3. The van der Waals surface area contributed by atoms with Crippen molar-refractivity contribution in [2.45, 2.75) is 13.8 Å². The summed E-state index contributed by atoms with van der Waals surface area (Å²) in [5, 5.41) is 5.22. The molecule has 168 valence electrons. The number of benzene rings is 1. The Morgan fingerprint density at radius 2 is 1.91 bits per heavy atom. The summed E-state index contributed by atoms with van der Waals surface area (Å²) in [6, 6.07) is 13.8. The van der Waals surface area contributed by atoms with Gasteiger partial charge in [0, 0.05) is 17.6 Å². The van der Waals surface area contributed by atoms with E-state index >= 15 is 0 Å². The Morgan fingerprint density at radius 3 is 2.64 bits per heavy atom. The highest BCUT2D eigenvalue weighted by Crippen LogP contribution is 2.24. The van der Waals surface area contributed by atoms with Crippen molar-refractivity contribution < 1.29 is 19.1 Å². The summed E-state index contributed by atoms with van der Waals surface area (Å²) >= 11 is 0. The molecule has 0 radical (unpaired) electrons. The van der Waals surface area contributed by atoms with Crippen LogP contribution in [0.1, 0.15) is 17.0 Å². The number of para-hydroxylation sites is 2. The van der Waals surface area contributed by atoms with Crippen LogP contribution in [0.5, 0.6) is 5.75 Å². The predicted molar refractivity (Wildman–Crippen MR) is 123 cm³/mol. The molecule has 4 amide bonds. The van der Waals surface area contributed by atoms with Crippen LogP contribution in [0.2, 0.25) is 0 Å². The lowest BCUT2D eigenvalue weighted by Gasteiger charge is -2.13. The minimum absolute atomic E-state index is 0.103. The van der Waals surface area contributed by atoms with Gasteiger partial charge in [0.2, 0.25) is 5.91 Å². The van der Waals surface area contributed by atoms with Crippen LogP contribution in [-0.2, 0) is 9.59 Å². The minimum Gasteiger partial charge on any atom is -0.495 e. The molecular formula is C24H23N5O4. The van der Waals surface area contributed by atoms with Gasteiger partial charge in [-0.25, -0.2) is 14.7 Å². The van der Waals surface area contributed by atoms with Gasteiger partial charge in [0.15, 0.2) is 0 Å². The second-order valence-electron chi connectivity index (χ2n) is 7.48. The quantitative estimate of drug-likeness (QED) is 0.448. The minimum atomic E-state index is -0.653. The molecule has 0 unspecified atom stereocenters. The van der Waals surface area contributed by atoms with Gasteiger partial charge in [-0.3, -0.25) is 9.59 Å². The standard InChI is InChI=1S/C24H23N5O4/c1-15-12-17(16(2)29(15)21-10-6-7-11-25-21)13-19-23(31)28(24(32)27-19)14-22(30)26-18-8-4-5-9-20(18)33-3/h4-13H,14H2,1-3H3,(H,26,30)(H,27,32)/b19-13+. The molecule has 0 aliphatic carbocycles. The Kier molecular flexibility index (Phi) is 5.95. The van der Waals surface area contributed by atoms with Gasteiger partial charge >= 0.3 is 6.03 Å². The highest BCUT2D eigenvalue weighted by atomic mass is 16.5. The summed E-state index contributed by atoms with van der Waals surface area (Å²) in [6.45, 7) is 3.42. The largest absolute Gasteiger partial charge is 0.495 e. The molecule has 0 spiro atoms. The van der Waals surface area contributed by atoms with Crippen molar-refractivity contribution in [3.05, 3.63) is 77.4 Å². The maximum absolute atomic E-state index is 12.9. The molecule has 2 aromatic heterocycles. The van der Waals surface area contributed by atoms with Crippen molar-refractivity contribution in [1.82, 2.24) is 19.8 Å². The normalized spacial score (nSPS) is 14.5. The van der Waals surface area contributed by atoms with Gasteiger partial charge in [-0.05, 0) is 55.8 Å². The van der Waals surface area contributed by atoms with E-state index in [1.807, 2.05) is 42.7 Å². The Balaban J connectivity index is 1.52. The third-order valence-electron chi connectivity index (χ3n) is 5.29. The lowest BCUT2D eigenvalue weighted by Crippen LogP contribution is -2.38. The van der Waals surface area contributed by atoms with Gasteiger partial charge in [0.1, 0.15) is 23.8 Å². The number of carbonyl (C=O) groups is 3. The average molecular weight is 445 g/mol. The zero-order valence-electron chi connectivity index (χ0n) is 18.5. The predicted octanol–water partition coefficient (Wildman–Crippen LogP) is 3.03. The third kappa shape index (κ3) is 4.33. The summed E-state index contributed by atoms with van der Waals surface area (Å²) in [4.78, 5) is 43.0. The number of methoxy groups -OCH3 is 1. The van der Waals surface area contributed by atoms with Crippen molar-refractivity contribution in [1.29, 1.82) is 0 Å². The fourth-order valence-corrected chi connectivity index (χ4v) is 3.72. The molecule has 1 aliphatic heterocycles. The number of amides is 4. The lowest BCUT2D eigenvalue weighted by atomic mass is 10.2. The highest BCUT2D eigenvalue weighted by Gasteiger charge is 2.35. The summed E-state index contributed by atoms with van der Waals surface area (Å²) in [6.07, 6.45) is 3.32. The van der Waals surface area contributed by atoms with Crippen molar-refractivity contribution in [2.24, 2.45) is 0 Å². The maximum Gasteiger partial charge on any atom is 0.329 e. The van der Waals surface area contributed by atoms with Crippen LogP contribution < -0.4 is 15.4 Å². The summed E-state index contributed by atoms with van der Waals surface area (Å²) in [5.74, 6) is 0.149. The average Bonchev–Trinajstić information content (AvgIpc) is 3.23. The topological polar surface area (TPSA) is 106 Å². The van der Waals surface area contributed by atoms with E-state index in [-0.39, 0.29) is 5.70 Å². The summed E-state index contributed by atoms with van der Waals surface area (Å²) < 4.78 is 7.17. The smallest absolute Gasteiger partial charge is 0.329 e. The van der Waals surface area contributed by atoms with Crippen molar-refractivity contribution in [2.75, 3.05) is 19.0 Å². The Morgan fingerprint density at radius 1 is 1.15 bits per heavy atom. The SMILES string of the molecule is COc1ccccc1NC(=O)CN1C(=O)N/C(=C/c2cc(C)n(-c3ccccn3)c2C)C1=O. The van der Waals surface area contributed by atoms with E-state index in [1.165, 1.54) is 7.11 Å². The van der Waals surface area contributed by atoms with Crippen LogP contribution in [0.15, 0.2) is 60.4 Å². The molecule has 4 rings (SSSR count). The lowest BCUT2D eigenvalue weighted by molar-refractivity contribution is -0.127. The molecule has 9 nitrogen and oxygen atoms in total. The molecule has 1 aromatic carbocycles. The molecule has 3 aromatic rings. The first kappa shape index (κ1) is 21.8. The van der Waals surface area contributed by atoms with Gasteiger partial charge in [-0.15, -0.1) is 0 Å². The fraction of sp³-hybridized carbons (Fsp3) is 0.167. The van der Waals surface area contributed by atoms with Crippen LogP contribution >= 0.6 is 0 Å². The number of hydrogen-bond donors (Lipinski definition) is 2. The number of urea groups is 1. The molecule has 2 N–H and O–H groups in total. The van der Waals surface area contributed by atoms with Crippen LogP contribution in [0.4, 0.5) is 10.5 Å². The van der Waals surface area contributed by atoms with Crippen LogP contribution in [0.3, 0.4) is 0 Å². The number of pyridine rings is 1. The fourth-order valence-electron chi connectivity index (χ4n) is 3.72. The molecule has 3 heterocycles. The van der Waals surface area contributed by atoms with E-state index in [0.717, 1.165) is 27.7 Å². The number of rotatable bonds is 6. The Hall–Kier alpha value is -4.40. The number of hydrogen-bond acceptors (Lipinski definition) is 5. The van der Waals surface area contributed by atoms with Gasteiger partial charge in [0.05, 0.1) is 12.8 Å². The zero-order chi connectivity index (χ0) is 23.5. The summed E-state index contributed by atoms with van der Waals surface area (Å²) in [5.41, 5.74) is 3.12. The number of anilines is 1. The zero-order valence-corrected chi connectivity index (χ0v) is 18.5. The molecular weight excluding hydrogens is 422 g/mol. The number of imide groups is 1. The Bertz CT molecular complexity index is 1260. The first-order valence-corrected chi connectivity index (χ1v) is 10.3.